The number of pyridine rings is 2. The molecule has 1 unspecified atom stereocenters. The second-order valence-electron chi connectivity index (χ2n) is 12.5. The third-order valence-corrected chi connectivity index (χ3v) is 9.23. The molecule has 0 radical (unpaired) electrons. The van der Waals surface area contributed by atoms with E-state index in [-0.39, 0.29) is 35.4 Å². The van der Waals surface area contributed by atoms with Crippen molar-refractivity contribution in [3.8, 4) is 0 Å². The van der Waals surface area contributed by atoms with E-state index in [9.17, 15) is 9.59 Å². The fourth-order valence-corrected chi connectivity index (χ4v) is 7.22. The maximum absolute atomic E-state index is 15.9. The van der Waals surface area contributed by atoms with Crippen molar-refractivity contribution in [1.29, 1.82) is 0 Å². The average Bonchev–Trinajstić information content (AvgIpc) is 3.20. The highest BCUT2D eigenvalue weighted by Crippen LogP contribution is 2.55. The molecule has 1 atom stereocenters. The van der Waals surface area contributed by atoms with Crippen molar-refractivity contribution in [3.63, 3.8) is 0 Å². The number of carbonyl (C=O) groups is 2. The Morgan fingerprint density at radius 1 is 0.935 bits per heavy atom. The number of likely N-dealkylation sites (N-methyl/N-ethyl adjacent to an activating group) is 2. The van der Waals surface area contributed by atoms with Gasteiger partial charge in [-0.15, -0.1) is 0 Å². The van der Waals surface area contributed by atoms with Crippen LogP contribution < -0.4 is 4.90 Å². The molecule has 0 N–H and O–H groups in total. The molecule has 0 spiro atoms. The Morgan fingerprint density at radius 2 is 1.57 bits per heavy atom. The van der Waals surface area contributed by atoms with Gasteiger partial charge in [0.1, 0.15) is 17.1 Å². The average molecular weight is 640 g/mol. The van der Waals surface area contributed by atoms with E-state index in [0.29, 0.717) is 29.0 Å². The number of nitrogens with zero attached hydrogens (tertiary/aromatic N) is 5. The predicted octanol–water partition coefficient (Wildman–Crippen LogP) is 7.63. The molecule has 1 fully saturated rings. The summed E-state index contributed by atoms with van der Waals surface area (Å²) in [6.07, 6.45) is 5.43. The molecule has 2 amide bonds. The molecule has 10 heteroatoms. The molecule has 0 saturated carbocycles. The minimum atomic E-state index is -0.810. The van der Waals surface area contributed by atoms with E-state index < -0.39 is 28.9 Å². The van der Waals surface area contributed by atoms with Gasteiger partial charge in [-0.05, 0) is 106 Å². The number of benzene rings is 2. The minimum Gasteiger partial charge on any atom is -0.292 e. The summed E-state index contributed by atoms with van der Waals surface area (Å²) >= 11 is 5.43. The predicted molar refractivity (Wildman–Crippen MR) is 181 cm³/mol. The molecule has 4 aromatic rings. The molecule has 4 heterocycles. The molecule has 2 aromatic carbocycles. The molecule has 0 bridgehead atoms. The van der Waals surface area contributed by atoms with Crippen molar-refractivity contribution in [2.45, 2.75) is 53.4 Å². The van der Waals surface area contributed by atoms with Crippen molar-refractivity contribution >= 4 is 62.5 Å². The van der Waals surface area contributed by atoms with Crippen molar-refractivity contribution in [1.82, 2.24) is 19.8 Å². The number of carbonyl (C=O) groups excluding carboxylic acids is 2. The molecule has 0 aliphatic carbocycles. The Kier molecular flexibility index (Phi) is 7.96. The first-order valence-corrected chi connectivity index (χ1v) is 15.9. The SMILES string of the molecule is CCN1C(=O)C(=C/C=C2/N(c3c(F)cc(C)cc3F)c3nc4cc5cccnc5cc4cc3C2(C)CC(C)C)C(=O)N(CC)C1=S. The van der Waals surface area contributed by atoms with Gasteiger partial charge in [-0.1, -0.05) is 19.9 Å². The number of fused-ring (bicyclic) bond motifs is 3. The van der Waals surface area contributed by atoms with Crippen molar-refractivity contribution in [2.75, 3.05) is 18.0 Å². The van der Waals surface area contributed by atoms with E-state index >= 15 is 8.78 Å². The van der Waals surface area contributed by atoms with Crippen LogP contribution >= 0.6 is 12.2 Å². The summed E-state index contributed by atoms with van der Waals surface area (Å²) in [5.41, 5.74) is 2.01. The number of amides is 2. The molecule has 6 rings (SSSR count). The summed E-state index contributed by atoms with van der Waals surface area (Å²) < 4.78 is 31.9. The van der Waals surface area contributed by atoms with E-state index in [0.717, 1.165) is 21.9 Å². The highest BCUT2D eigenvalue weighted by molar-refractivity contribution is 7.80. The van der Waals surface area contributed by atoms with Crippen LogP contribution in [0.5, 0.6) is 0 Å². The highest BCUT2D eigenvalue weighted by atomic mass is 32.1. The van der Waals surface area contributed by atoms with Gasteiger partial charge >= 0.3 is 0 Å². The fourth-order valence-electron chi connectivity index (χ4n) is 6.79. The summed E-state index contributed by atoms with van der Waals surface area (Å²) in [5.74, 6) is -1.96. The van der Waals surface area contributed by atoms with Crippen molar-refractivity contribution in [2.24, 2.45) is 5.92 Å². The first-order chi connectivity index (χ1) is 21.9. The summed E-state index contributed by atoms with van der Waals surface area (Å²) in [5, 5.41) is 1.89. The number of rotatable bonds is 6. The van der Waals surface area contributed by atoms with E-state index in [1.54, 1.807) is 33.0 Å². The van der Waals surface area contributed by atoms with Gasteiger partial charge in [0.15, 0.2) is 16.7 Å². The van der Waals surface area contributed by atoms with Gasteiger partial charge in [0, 0.05) is 46.7 Å². The van der Waals surface area contributed by atoms with Crippen LogP contribution in [-0.4, -0.2) is 49.8 Å². The Hall–Kier alpha value is -4.57. The van der Waals surface area contributed by atoms with Crippen molar-refractivity contribution in [3.05, 3.63) is 94.8 Å². The third kappa shape index (κ3) is 4.95. The third-order valence-electron chi connectivity index (χ3n) is 8.79. The second-order valence-corrected chi connectivity index (χ2v) is 12.8. The topological polar surface area (TPSA) is 69.6 Å². The number of hydrogen-bond acceptors (Lipinski definition) is 6. The number of halogens is 2. The monoisotopic (exact) mass is 639 g/mol. The number of hydrogen-bond donors (Lipinski definition) is 0. The molecule has 46 heavy (non-hydrogen) atoms. The molecule has 1 saturated heterocycles. The van der Waals surface area contributed by atoms with E-state index in [4.69, 9.17) is 17.2 Å². The highest BCUT2D eigenvalue weighted by Gasteiger charge is 2.47. The molecular weight excluding hydrogens is 604 g/mol. The van der Waals surface area contributed by atoms with E-state index in [2.05, 4.69) is 18.8 Å². The Morgan fingerprint density at radius 3 is 2.17 bits per heavy atom. The number of anilines is 2. The first kappa shape index (κ1) is 31.4. The lowest BCUT2D eigenvalue weighted by Gasteiger charge is -2.35. The summed E-state index contributed by atoms with van der Waals surface area (Å²) in [4.78, 5) is 40.9. The molecule has 2 aromatic heterocycles. The Labute approximate surface area is 272 Å². The molecular formula is C36H35F2N5O2S. The van der Waals surface area contributed by atoms with Gasteiger partial charge in [-0.3, -0.25) is 29.3 Å². The standard InChI is InChI=1S/C36H35F2N5O2S/c1-7-41-33(44)24(34(45)42(8-2)35(41)46)11-12-30-36(6,19-20(3)4)25-16-23-18-28-22(10-9-13-39-28)17-29(23)40-32(25)43(30)31-26(37)14-21(5)15-27(31)38/h9-18,20H,7-8,19H2,1-6H3/b30-12+. The van der Waals surface area contributed by atoms with Crippen LogP contribution in [0.25, 0.3) is 21.8 Å². The number of aromatic nitrogens is 2. The minimum absolute atomic E-state index is 0.0760. The summed E-state index contributed by atoms with van der Waals surface area (Å²) in [6, 6.07) is 12.3. The maximum Gasteiger partial charge on any atom is 0.265 e. The molecule has 2 aliphatic heterocycles. The largest absolute Gasteiger partial charge is 0.292 e. The van der Waals surface area contributed by atoms with E-state index in [1.807, 2.05) is 37.3 Å². The Balaban J connectivity index is 1.66. The maximum atomic E-state index is 15.9. The zero-order valence-electron chi connectivity index (χ0n) is 26.7. The summed E-state index contributed by atoms with van der Waals surface area (Å²) in [7, 11) is 0. The van der Waals surface area contributed by atoms with Crippen LogP contribution in [0, 0.1) is 24.5 Å². The van der Waals surface area contributed by atoms with Crippen molar-refractivity contribution < 1.29 is 18.4 Å². The zero-order valence-corrected chi connectivity index (χ0v) is 27.5. The Bertz CT molecular complexity index is 1970. The normalized spacial score (nSPS) is 19.4. The van der Waals surface area contributed by atoms with E-state index in [1.165, 1.54) is 32.9 Å². The van der Waals surface area contributed by atoms with Crippen LogP contribution in [0.2, 0.25) is 0 Å². The van der Waals surface area contributed by atoms with Crippen LogP contribution in [0.3, 0.4) is 0 Å². The second kappa shape index (κ2) is 11.7. The molecule has 236 valence electrons. The smallest absolute Gasteiger partial charge is 0.265 e. The summed E-state index contributed by atoms with van der Waals surface area (Å²) in [6.45, 7) is 12.0. The van der Waals surface area contributed by atoms with Gasteiger partial charge in [-0.25, -0.2) is 13.8 Å². The zero-order chi connectivity index (χ0) is 33.1. The molecule has 7 nitrogen and oxygen atoms in total. The van der Waals surface area contributed by atoms with Gasteiger partial charge in [0.25, 0.3) is 11.8 Å². The van der Waals surface area contributed by atoms with Gasteiger partial charge in [0.05, 0.1) is 11.0 Å². The lowest BCUT2D eigenvalue weighted by Crippen LogP contribution is -2.55. The first-order valence-electron chi connectivity index (χ1n) is 15.5. The quantitative estimate of drug-likeness (QED) is 0.0936. The number of thiocarbonyl (C=S) groups is 1. The van der Waals surface area contributed by atoms with Crippen LogP contribution in [0.4, 0.5) is 20.3 Å². The van der Waals surface area contributed by atoms with Gasteiger partial charge < -0.3 is 0 Å². The van der Waals surface area contributed by atoms with Crippen LogP contribution in [-0.2, 0) is 15.0 Å². The van der Waals surface area contributed by atoms with Gasteiger partial charge in [-0.2, -0.15) is 0 Å². The fraction of sp³-hybridized carbons (Fsp3) is 0.306. The van der Waals surface area contributed by atoms with Gasteiger partial charge in [0.2, 0.25) is 0 Å². The lowest BCUT2D eigenvalue weighted by atomic mass is 9.75. The number of aryl methyl sites for hydroxylation is 1. The molecule has 2 aliphatic rings. The lowest BCUT2D eigenvalue weighted by molar-refractivity contribution is -0.133. The van der Waals surface area contributed by atoms with Crippen LogP contribution in [0.1, 0.15) is 52.2 Å². The van der Waals surface area contributed by atoms with Crippen LogP contribution in [0.15, 0.2) is 72.1 Å². The number of allylic oxidation sites excluding steroid dienone is 3.